The van der Waals surface area contributed by atoms with Crippen molar-refractivity contribution in [1.29, 1.82) is 0 Å². The number of hydrogen-bond acceptors (Lipinski definition) is 3. The molecule has 0 amide bonds. The first-order chi connectivity index (χ1) is 11.0. The molecule has 0 spiro atoms. The van der Waals surface area contributed by atoms with Crippen molar-refractivity contribution in [3.8, 4) is 5.75 Å². The maximum Gasteiger partial charge on any atom is 0.240 e. The van der Waals surface area contributed by atoms with E-state index < -0.39 is 10.0 Å². The molecular weight excluding hydrogens is 310 g/mol. The van der Waals surface area contributed by atoms with Crippen LogP contribution < -0.4 is 9.46 Å². The summed E-state index contributed by atoms with van der Waals surface area (Å²) in [6.45, 7) is 4.88. The second-order valence-corrected chi connectivity index (χ2v) is 7.21. The Morgan fingerprint density at radius 3 is 2.48 bits per heavy atom. The monoisotopic (exact) mass is 333 g/mol. The number of rotatable bonds is 8. The summed E-state index contributed by atoms with van der Waals surface area (Å²) < 4.78 is 33.0. The molecule has 0 saturated carbocycles. The van der Waals surface area contributed by atoms with Gasteiger partial charge in [0.15, 0.2) is 0 Å². The van der Waals surface area contributed by atoms with E-state index in [2.05, 4.69) is 11.6 Å². The molecule has 0 radical (unpaired) electrons. The lowest BCUT2D eigenvalue weighted by atomic mass is 10.2. The highest BCUT2D eigenvalue weighted by atomic mass is 32.2. The van der Waals surface area contributed by atoms with Crippen LogP contribution in [-0.2, 0) is 16.6 Å². The minimum atomic E-state index is -3.53. The van der Waals surface area contributed by atoms with Gasteiger partial charge in [0.25, 0.3) is 0 Å². The number of nitrogens with one attached hydrogen (secondary N) is 1. The Hall–Kier alpha value is -1.85. The van der Waals surface area contributed by atoms with Crippen molar-refractivity contribution in [1.82, 2.24) is 4.72 Å². The van der Waals surface area contributed by atoms with Crippen molar-refractivity contribution in [3.63, 3.8) is 0 Å². The lowest BCUT2D eigenvalue weighted by molar-refractivity contribution is 0.307. The topological polar surface area (TPSA) is 55.4 Å². The second-order valence-electron chi connectivity index (χ2n) is 5.44. The Bertz CT molecular complexity index is 727. The summed E-state index contributed by atoms with van der Waals surface area (Å²) in [5, 5.41) is 0. The minimum absolute atomic E-state index is 0.258. The molecular formula is C18H23NO3S. The van der Waals surface area contributed by atoms with Crippen LogP contribution in [0, 0.1) is 6.92 Å². The molecule has 4 nitrogen and oxygen atoms in total. The molecule has 1 N–H and O–H groups in total. The Labute approximate surface area is 138 Å². The summed E-state index contributed by atoms with van der Waals surface area (Å²) in [6.07, 6.45) is 2.05. The van der Waals surface area contributed by atoms with Gasteiger partial charge in [-0.2, -0.15) is 0 Å². The smallest absolute Gasteiger partial charge is 0.240 e. The maximum atomic E-state index is 12.4. The highest BCUT2D eigenvalue weighted by Gasteiger charge is 2.15. The number of ether oxygens (including phenoxy) is 1. The quantitative estimate of drug-likeness (QED) is 0.750. The lowest BCUT2D eigenvalue weighted by Crippen LogP contribution is -2.23. The molecule has 0 aliphatic rings. The van der Waals surface area contributed by atoms with Gasteiger partial charge in [0.2, 0.25) is 10.0 Å². The predicted octanol–water partition coefficient (Wildman–Crippen LogP) is 3.65. The molecule has 0 saturated heterocycles. The molecule has 0 fully saturated rings. The summed E-state index contributed by atoms with van der Waals surface area (Å²) in [5.41, 5.74) is 1.75. The minimum Gasteiger partial charge on any atom is -0.493 e. The van der Waals surface area contributed by atoms with Crippen LogP contribution in [0.15, 0.2) is 53.4 Å². The van der Waals surface area contributed by atoms with Gasteiger partial charge in [-0.15, -0.1) is 0 Å². The van der Waals surface area contributed by atoms with Gasteiger partial charge in [0.05, 0.1) is 11.5 Å². The second kappa shape index (κ2) is 8.13. The Kier molecular flexibility index (Phi) is 6.19. The first kappa shape index (κ1) is 17.5. The van der Waals surface area contributed by atoms with Crippen molar-refractivity contribution in [2.45, 2.75) is 38.1 Å². The molecule has 0 aromatic heterocycles. The molecule has 2 aromatic carbocycles. The van der Waals surface area contributed by atoms with E-state index in [1.165, 1.54) is 0 Å². The van der Waals surface area contributed by atoms with Crippen LogP contribution in [0.3, 0.4) is 0 Å². The van der Waals surface area contributed by atoms with Crippen LogP contribution in [0.25, 0.3) is 0 Å². The molecule has 0 atom stereocenters. The summed E-state index contributed by atoms with van der Waals surface area (Å²) in [5.74, 6) is 0.737. The zero-order valence-electron chi connectivity index (χ0n) is 13.6. The zero-order valence-corrected chi connectivity index (χ0v) is 14.4. The van der Waals surface area contributed by atoms with Crippen molar-refractivity contribution in [2.24, 2.45) is 0 Å². The molecule has 2 aromatic rings. The highest BCUT2D eigenvalue weighted by molar-refractivity contribution is 7.89. The average Bonchev–Trinajstić information content (AvgIpc) is 2.55. The van der Waals surface area contributed by atoms with Crippen LogP contribution >= 0.6 is 0 Å². The SMILES string of the molecule is CCCCOc1ccc(S(=O)(=O)NCc2ccccc2)cc1C. The first-order valence-electron chi connectivity index (χ1n) is 7.80. The third-order valence-corrected chi connectivity index (χ3v) is 4.92. The van der Waals surface area contributed by atoms with Gasteiger partial charge >= 0.3 is 0 Å². The van der Waals surface area contributed by atoms with E-state index in [1.54, 1.807) is 18.2 Å². The van der Waals surface area contributed by atoms with Crippen molar-refractivity contribution in [3.05, 3.63) is 59.7 Å². The first-order valence-corrected chi connectivity index (χ1v) is 9.28. The molecule has 0 unspecified atom stereocenters. The van der Waals surface area contributed by atoms with E-state index in [0.29, 0.717) is 6.61 Å². The number of unbranched alkanes of at least 4 members (excludes halogenated alkanes) is 1. The number of sulfonamides is 1. The summed E-state index contributed by atoms with van der Waals surface area (Å²) >= 11 is 0. The molecule has 23 heavy (non-hydrogen) atoms. The van der Waals surface area contributed by atoms with Gasteiger partial charge in [0.1, 0.15) is 5.75 Å². The Balaban J connectivity index is 2.06. The zero-order chi connectivity index (χ0) is 16.7. The summed E-state index contributed by atoms with van der Waals surface area (Å²) in [6, 6.07) is 14.4. The molecule has 2 rings (SSSR count). The van der Waals surface area contributed by atoms with Gasteiger partial charge < -0.3 is 4.74 Å². The lowest BCUT2D eigenvalue weighted by Gasteiger charge is -2.11. The molecule has 0 bridgehead atoms. The van der Waals surface area contributed by atoms with E-state index in [1.807, 2.05) is 37.3 Å². The van der Waals surface area contributed by atoms with Gasteiger partial charge in [-0.05, 0) is 42.7 Å². The van der Waals surface area contributed by atoms with E-state index >= 15 is 0 Å². The van der Waals surface area contributed by atoms with Crippen LogP contribution in [-0.4, -0.2) is 15.0 Å². The van der Waals surface area contributed by atoms with Gasteiger partial charge in [-0.25, -0.2) is 13.1 Å². The van der Waals surface area contributed by atoms with E-state index in [4.69, 9.17) is 4.74 Å². The highest BCUT2D eigenvalue weighted by Crippen LogP contribution is 2.22. The third-order valence-electron chi connectivity index (χ3n) is 3.52. The number of benzene rings is 2. The fourth-order valence-electron chi connectivity index (χ4n) is 2.13. The van der Waals surface area contributed by atoms with E-state index in [9.17, 15) is 8.42 Å². The Morgan fingerprint density at radius 2 is 1.83 bits per heavy atom. The summed E-state index contributed by atoms with van der Waals surface area (Å²) in [7, 11) is -3.53. The van der Waals surface area contributed by atoms with E-state index in [0.717, 1.165) is 29.7 Å². The molecule has 0 aliphatic carbocycles. The number of aryl methyl sites for hydroxylation is 1. The van der Waals surface area contributed by atoms with E-state index in [-0.39, 0.29) is 11.4 Å². The standard InChI is InChI=1S/C18H23NO3S/c1-3-4-12-22-18-11-10-17(13-15(18)2)23(20,21)19-14-16-8-6-5-7-9-16/h5-11,13,19H,3-4,12,14H2,1-2H3. The largest absolute Gasteiger partial charge is 0.493 e. The van der Waals surface area contributed by atoms with Gasteiger partial charge in [-0.1, -0.05) is 43.7 Å². The van der Waals surface area contributed by atoms with Gasteiger partial charge in [0, 0.05) is 6.54 Å². The van der Waals surface area contributed by atoms with Crippen LogP contribution in [0.4, 0.5) is 0 Å². The van der Waals surface area contributed by atoms with Crippen LogP contribution in [0.1, 0.15) is 30.9 Å². The number of hydrogen-bond donors (Lipinski definition) is 1. The fraction of sp³-hybridized carbons (Fsp3) is 0.333. The van der Waals surface area contributed by atoms with Crippen LogP contribution in [0.5, 0.6) is 5.75 Å². The van der Waals surface area contributed by atoms with Crippen molar-refractivity contribution < 1.29 is 13.2 Å². The molecule has 0 aliphatic heterocycles. The van der Waals surface area contributed by atoms with Crippen molar-refractivity contribution in [2.75, 3.05) is 6.61 Å². The van der Waals surface area contributed by atoms with Gasteiger partial charge in [-0.3, -0.25) is 0 Å². The average molecular weight is 333 g/mol. The molecule has 0 heterocycles. The molecule has 124 valence electrons. The summed E-state index contributed by atoms with van der Waals surface area (Å²) in [4.78, 5) is 0.258. The normalized spacial score (nSPS) is 11.4. The fourth-order valence-corrected chi connectivity index (χ4v) is 3.24. The molecule has 5 heteroatoms. The Morgan fingerprint density at radius 1 is 1.09 bits per heavy atom. The maximum absolute atomic E-state index is 12.4. The van der Waals surface area contributed by atoms with Crippen molar-refractivity contribution >= 4 is 10.0 Å². The predicted molar refractivity (Wildman–Crippen MR) is 92.0 cm³/mol. The van der Waals surface area contributed by atoms with Crippen LogP contribution in [0.2, 0.25) is 0 Å². The third kappa shape index (κ3) is 5.08.